The molecule has 4 nitrogen and oxygen atoms in total. The molecule has 0 radical (unpaired) electrons. The number of aliphatic hydroxyl groups is 2. The van der Waals surface area contributed by atoms with Crippen LogP contribution in [0.1, 0.15) is 33.1 Å². The molecule has 2 aliphatic rings. The summed E-state index contributed by atoms with van der Waals surface area (Å²) in [6.07, 6.45) is 3.28. The van der Waals surface area contributed by atoms with E-state index < -0.39 is 0 Å². The van der Waals surface area contributed by atoms with Gasteiger partial charge in [0.2, 0.25) is 0 Å². The van der Waals surface area contributed by atoms with Gasteiger partial charge in [0, 0.05) is 32.1 Å². The van der Waals surface area contributed by atoms with Crippen molar-refractivity contribution >= 4 is 0 Å². The Hall–Kier alpha value is -0.160. The van der Waals surface area contributed by atoms with Crippen molar-refractivity contribution in [3.8, 4) is 0 Å². The lowest BCUT2D eigenvalue weighted by atomic mass is 9.73. The minimum atomic E-state index is -0.120. The fourth-order valence-corrected chi connectivity index (χ4v) is 4.04. The van der Waals surface area contributed by atoms with E-state index in [0.717, 1.165) is 45.7 Å². The lowest BCUT2D eigenvalue weighted by molar-refractivity contribution is -0.00145. The van der Waals surface area contributed by atoms with Gasteiger partial charge in [-0.15, -0.1) is 0 Å². The molecule has 0 amide bonds. The molecule has 1 heterocycles. The van der Waals surface area contributed by atoms with Crippen LogP contribution in [0.3, 0.4) is 0 Å². The van der Waals surface area contributed by atoms with Gasteiger partial charge in [-0.3, -0.25) is 4.90 Å². The molecule has 4 atom stereocenters. The predicted octanol–water partition coefficient (Wildman–Crippen LogP) is 1.03. The molecule has 0 bridgehead atoms. The van der Waals surface area contributed by atoms with Gasteiger partial charge < -0.3 is 15.1 Å². The highest BCUT2D eigenvalue weighted by Crippen LogP contribution is 2.34. The van der Waals surface area contributed by atoms with Gasteiger partial charge in [-0.1, -0.05) is 13.8 Å². The quantitative estimate of drug-likeness (QED) is 0.809. The van der Waals surface area contributed by atoms with E-state index >= 15 is 0 Å². The third kappa shape index (κ3) is 4.42. The third-order valence-corrected chi connectivity index (χ3v) is 5.21. The van der Waals surface area contributed by atoms with Crippen molar-refractivity contribution < 1.29 is 10.2 Å². The molecule has 2 N–H and O–H groups in total. The number of hydrogen-bond donors (Lipinski definition) is 2. The highest BCUT2D eigenvalue weighted by Gasteiger charge is 2.34. The summed E-state index contributed by atoms with van der Waals surface area (Å²) >= 11 is 0. The Kier molecular flexibility index (Phi) is 6.27. The second kappa shape index (κ2) is 7.74. The lowest BCUT2D eigenvalue weighted by Crippen LogP contribution is -2.43. The van der Waals surface area contributed by atoms with Gasteiger partial charge >= 0.3 is 0 Å². The summed E-state index contributed by atoms with van der Waals surface area (Å²) in [5.74, 6) is 1.74. The third-order valence-electron chi connectivity index (χ3n) is 5.21. The van der Waals surface area contributed by atoms with Crippen LogP contribution in [0.5, 0.6) is 0 Å². The van der Waals surface area contributed by atoms with Crippen LogP contribution < -0.4 is 0 Å². The molecule has 0 aromatic carbocycles. The monoisotopic (exact) mass is 284 g/mol. The molecule has 4 heteroatoms. The van der Waals surface area contributed by atoms with E-state index in [-0.39, 0.29) is 12.7 Å². The van der Waals surface area contributed by atoms with Crippen LogP contribution in [-0.2, 0) is 0 Å². The molecule has 1 saturated heterocycles. The van der Waals surface area contributed by atoms with Crippen molar-refractivity contribution in [3.05, 3.63) is 0 Å². The maximum atomic E-state index is 10.4. The molecule has 1 saturated carbocycles. The van der Waals surface area contributed by atoms with E-state index in [9.17, 15) is 5.11 Å². The molecular weight excluding hydrogens is 252 g/mol. The smallest absolute Gasteiger partial charge is 0.0585 e. The standard InChI is InChI=1S/C16H32N2O2/c1-13-10-14(2)15(16(20)11-13)12-18-5-3-4-17(6-7-18)8-9-19/h13-16,19-20H,3-12H2,1-2H3. The summed E-state index contributed by atoms with van der Waals surface area (Å²) in [6, 6.07) is 0. The molecule has 20 heavy (non-hydrogen) atoms. The second-order valence-electron chi connectivity index (χ2n) is 7.00. The topological polar surface area (TPSA) is 46.9 Å². The Balaban J connectivity index is 1.83. The van der Waals surface area contributed by atoms with Crippen molar-refractivity contribution in [2.24, 2.45) is 17.8 Å². The molecule has 0 aromatic rings. The van der Waals surface area contributed by atoms with Gasteiger partial charge in [-0.05, 0) is 44.2 Å². The first-order valence-electron chi connectivity index (χ1n) is 8.33. The summed E-state index contributed by atoms with van der Waals surface area (Å²) in [5.41, 5.74) is 0. The van der Waals surface area contributed by atoms with E-state index in [2.05, 4.69) is 23.6 Å². The second-order valence-corrected chi connectivity index (χ2v) is 7.00. The first-order chi connectivity index (χ1) is 9.60. The molecule has 4 unspecified atom stereocenters. The zero-order valence-electron chi connectivity index (χ0n) is 13.2. The summed E-state index contributed by atoms with van der Waals surface area (Å²) in [6.45, 7) is 11.0. The van der Waals surface area contributed by atoms with E-state index in [1.54, 1.807) is 0 Å². The van der Waals surface area contributed by atoms with E-state index in [1.807, 2.05) is 0 Å². The molecule has 1 aliphatic heterocycles. The van der Waals surface area contributed by atoms with Crippen LogP contribution >= 0.6 is 0 Å². The average Bonchev–Trinajstić information content (AvgIpc) is 2.60. The van der Waals surface area contributed by atoms with Gasteiger partial charge in [0.05, 0.1) is 12.7 Å². The minimum absolute atomic E-state index is 0.120. The van der Waals surface area contributed by atoms with Gasteiger partial charge in [0.1, 0.15) is 0 Å². The SMILES string of the molecule is CC1CC(C)C(CN2CCCN(CCO)CC2)C(O)C1. The van der Waals surface area contributed by atoms with Crippen molar-refractivity contribution in [1.29, 1.82) is 0 Å². The van der Waals surface area contributed by atoms with Crippen LogP contribution in [-0.4, -0.2) is 72.0 Å². The van der Waals surface area contributed by atoms with Gasteiger partial charge in [0.15, 0.2) is 0 Å². The molecule has 1 aliphatic carbocycles. The van der Waals surface area contributed by atoms with Crippen molar-refractivity contribution in [3.63, 3.8) is 0 Å². The first kappa shape index (κ1) is 16.2. The van der Waals surface area contributed by atoms with E-state index in [0.29, 0.717) is 17.8 Å². The van der Waals surface area contributed by atoms with Crippen LogP contribution in [0.25, 0.3) is 0 Å². The molecule has 2 fully saturated rings. The van der Waals surface area contributed by atoms with Crippen LogP contribution in [0.4, 0.5) is 0 Å². The van der Waals surface area contributed by atoms with Gasteiger partial charge in [-0.25, -0.2) is 0 Å². The Morgan fingerprint density at radius 3 is 2.40 bits per heavy atom. The van der Waals surface area contributed by atoms with Crippen LogP contribution in [0, 0.1) is 17.8 Å². The molecule has 0 aromatic heterocycles. The van der Waals surface area contributed by atoms with Crippen molar-refractivity contribution in [2.45, 2.75) is 39.2 Å². The largest absolute Gasteiger partial charge is 0.395 e. The lowest BCUT2D eigenvalue weighted by Gasteiger charge is -2.39. The zero-order valence-corrected chi connectivity index (χ0v) is 13.2. The van der Waals surface area contributed by atoms with E-state index in [4.69, 9.17) is 5.11 Å². The normalized spacial score (nSPS) is 37.8. The highest BCUT2D eigenvalue weighted by molar-refractivity contribution is 4.85. The number of rotatable bonds is 4. The minimum Gasteiger partial charge on any atom is -0.395 e. The van der Waals surface area contributed by atoms with Gasteiger partial charge in [-0.2, -0.15) is 0 Å². The Labute approximate surface area is 123 Å². The van der Waals surface area contributed by atoms with Crippen molar-refractivity contribution in [2.75, 3.05) is 45.9 Å². The van der Waals surface area contributed by atoms with Crippen LogP contribution in [0.15, 0.2) is 0 Å². The molecule has 2 rings (SSSR count). The van der Waals surface area contributed by atoms with Gasteiger partial charge in [0.25, 0.3) is 0 Å². The molecule has 118 valence electrons. The highest BCUT2D eigenvalue weighted by atomic mass is 16.3. The summed E-state index contributed by atoms with van der Waals surface area (Å²) < 4.78 is 0. The average molecular weight is 284 g/mol. The Bertz CT molecular complexity index is 276. The first-order valence-corrected chi connectivity index (χ1v) is 8.33. The van der Waals surface area contributed by atoms with E-state index in [1.165, 1.54) is 12.8 Å². The molecular formula is C16H32N2O2. The summed E-state index contributed by atoms with van der Waals surface area (Å²) in [4.78, 5) is 4.88. The maximum absolute atomic E-state index is 10.4. The maximum Gasteiger partial charge on any atom is 0.0585 e. The fourth-order valence-electron chi connectivity index (χ4n) is 4.04. The summed E-state index contributed by atoms with van der Waals surface area (Å²) in [5, 5.41) is 19.4. The van der Waals surface area contributed by atoms with Crippen molar-refractivity contribution in [1.82, 2.24) is 9.80 Å². The Morgan fingerprint density at radius 1 is 1.00 bits per heavy atom. The Morgan fingerprint density at radius 2 is 1.70 bits per heavy atom. The number of aliphatic hydroxyl groups excluding tert-OH is 2. The fraction of sp³-hybridized carbons (Fsp3) is 1.00. The zero-order chi connectivity index (χ0) is 14.5. The van der Waals surface area contributed by atoms with Crippen LogP contribution in [0.2, 0.25) is 0 Å². The summed E-state index contributed by atoms with van der Waals surface area (Å²) in [7, 11) is 0. The number of nitrogens with zero attached hydrogens (tertiary/aromatic N) is 2. The number of β-amino-alcohol motifs (C(OH)–C–C–N with tert-alkyl or cyclic N) is 1. The predicted molar refractivity (Wildman–Crippen MR) is 81.6 cm³/mol. The number of hydrogen-bond acceptors (Lipinski definition) is 4. The molecule has 0 spiro atoms.